The Morgan fingerprint density at radius 3 is 1.06 bits per heavy atom. The maximum atomic E-state index is 12.5. The molecular formula is C26H32O10. The van der Waals surface area contributed by atoms with Crippen molar-refractivity contribution in [2.45, 2.75) is 53.1 Å². The van der Waals surface area contributed by atoms with Gasteiger partial charge in [-0.1, -0.05) is 26.3 Å². The van der Waals surface area contributed by atoms with Gasteiger partial charge < -0.3 is 19.7 Å². The number of aliphatic hydroxyl groups is 2. The third-order valence-corrected chi connectivity index (χ3v) is 5.10. The van der Waals surface area contributed by atoms with Crippen LogP contribution in [0, 0.1) is 11.8 Å². The second-order valence-electron chi connectivity index (χ2n) is 8.52. The Labute approximate surface area is 209 Å². The molecule has 2 N–H and O–H groups in total. The molecule has 0 saturated heterocycles. The molecule has 0 radical (unpaired) electrons. The number of allylic oxidation sites excluding steroid dienone is 2. The maximum absolute atomic E-state index is 12.5. The van der Waals surface area contributed by atoms with Crippen LogP contribution in [0.3, 0.4) is 0 Å². The topological polar surface area (TPSA) is 161 Å². The molecule has 0 aromatic heterocycles. The lowest BCUT2D eigenvalue weighted by atomic mass is 9.87. The van der Waals surface area contributed by atoms with Gasteiger partial charge in [0.2, 0.25) is 11.6 Å². The minimum Gasteiger partial charge on any atom is -0.421 e. The molecule has 0 aliphatic rings. The van der Waals surface area contributed by atoms with E-state index in [1.807, 2.05) is 0 Å². The fourth-order valence-electron chi connectivity index (χ4n) is 2.88. The minimum absolute atomic E-state index is 0.0227. The Hall–Kier alpha value is -3.76. The highest BCUT2D eigenvalue weighted by Gasteiger charge is 2.50. The van der Waals surface area contributed by atoms with E-state index in [0.717, 1.165) is 13.8 Å². The van der Waals surface area contributed by atoms with E-state index in [4.69, 9.17) is 9.47 Å². The van der Waals surface area contributed by atoms with Gasteiger partial charge in [-0.3, -0.25) is 19.2 Å². The van der Waals surface area contributed by atoms with Crippen LogP contribution in [0.25, 0.3) is 0 Å². The second-order valence-corrected chi connectivity index (χ2v) is 8.52. The molecule has 0 aliphatic carbocycles. The summed E-state index contributed by atoms with van der Waals surface area (Å²) in [7, 11) is 0. The molecule has 0 aromatic carbocycles. The lowest BCUT2D eigenvalue weighted by Gasteiger charge is -2.31. The minimum atomic E-state index is -2.97. The lowest BCUT2D eigenvalue weighted by Crippen LogP contribution is -2.52. The van der Waals surface area contributed by atoms with E-state index in [2.05, 4.69) is 26.3 Å². The fraction of sp³-hybridized carbons (Fsp3) is 0.385. The van der Waals surface area contributed by atoms with Crippen molar-refractivity contribution in [2.75, 3.05) is 0 Å². The van der Waals surface area contributed by atoms with E-state index in [-0.39, 0.29) is 22.3 Å². The van der Waals surface area contributed by atoms with Crippen molar-refractivity contribution >= 4 is 35.1 Å². The van der Waals surface area contributed by atoms with Crippen LogP contribution >= 0.6 is 0 Å². The summed E-state index contributed by atoms with van der Waals surface area (Å²) >= 11 is 0. The number of esters is 2. The molecule has 4 unspecified atom stereocenters. The number of hydrogen-bond donors (Lipinski definition) is 2. The summed E-state index contributed by atoms with van der Waals surface area (Å²) in [6.07, 6.45) is 0.849. The molecule has 0 rings (SSSR count). The van der Waals surface area contributed by atoms with Gasteiger partial charge >= 0.3 is 11.9 Å². The van der Waals surface area contributed by atoms with Crippen molar-refractivity contribution in [2.24, 2.45) is 11.8 Å². The van der Waals surface area contributed by atoms with E-state index in [0.29, 0.717) is 12.2 Å². The number of carbonyl (C=O) groups is 6. The van der Waals surface area contributed by atoms with E-state index >= 15 is 0 Å². The third-order valence-electron chi connectivity index (χ3n) is 5.10. The van der Waals surface area contributed by atoms with Crippen LogP contribution in [0.4, 0.5) is 0 Å². The molecule has 0 heterocycles. The normalized spacial score (nSPS) is 15.9. The van der Waals surface area contributed by atoms with E-state index < -0.39 is 58.5 Å². The second kappa shape index (κ2) is 12.3. The first kappa shape index (κ1) is 32.2. The average Bonchev–Trinajstić information content (AvgIpc) is 2.78. The molecule has 0 aliphatic heterocycles. The maximum Gasteiger partial charge on any atom is 0.333 e. The Bertz CT molecular complexity index is 992. The summed E-state index contributed by atoms with van der Waals surface area (Å²) in [6.45, 7) is 21.0. The number of hydrogen-bond acceptors (Lipinski definition) is 10. The average molecular weight is 505 g/mol. The highest BCUT2D eigenvalue weighted by molar-refractivity contribution is 6.08. The molecule has 36 heavy (non-hydrogen) atoms. The van der Waals surface area contributed by atoms with Crippen LogP contribution in [-0.2, 0) is 38.2 Å². The van der Waals surface area contributed by atoms with E-state index in [1.54, 1.807) is 0 Å². The molecule has 4 atom stereocenters. The molecule has 0 spiro atoms. The molecule has 0 saturated carbocycles. The SMILES string of the molecule is C=C(C)C(=O)C(C)C(O)(OC(=O)/C=C\C(=O)OC(O)(C(=O)C(=C)C)C(C)C(=O)C(=C)C)C(=O)C(=C)C. The van der Waals surface area contributed by atoms with Crippen LogP contribution in [0.2, 0.25) is 0 Å². The monoisotopic (exact) mass is 504 g/mol. The van der Waals surface area contributed by atoms with Crippen LogP contribution in [-0.4, -0.2) is 56.9 Å². The molecule has 0 fully saturated rings. The summed E-state index contributed by atoms with van der Waals surface area (Å²) in [6, 6.07) is 0. The predicted octanol–water partition coefficient (Wildman–Crippen LogP) is 1.86. The predicted molar refractivity (Wildman–Crippen MR) is 129 cm³/mol. The van der Waals surface area contributed by atoms with Crippen LogP contribution in [0.5, 0.6) is 0 Å². The standard InChI is InChI=1S/C26H32O10/c1-13(2)21(29)17(9)25(33,23(31)15(5)6)35-19(27)11-12-20(28)36-26(34,24(32)16(7)8)18(10)22(30)14(3)4/h11-12,17-18,33-34H,1,3,5,7H2,2,4,6,8-10H3/b12-11-. The van der Waals surface area contributed by atoms with Crippen LogP contribution in [0.15, 0.2) is 60.8 Å². The Morgan fingerprint density at radius 1 is 0.611 bits per heavy atom. The molecule has 10 heteroatoms. The van der Waals surface area contributed by atoms with Crippen molar-refractivity contribution in [3.05, 3.63) is 60.8 Å². The van der Waals surface area contributed by atoms with Crippen molar-refractivity contribution in [3.63, 3.8) is 0 Å². The van der Waals surface area contributed by atoms with Gasteiger partial charge in [-0.15, -0.1) is 0 Å². The first-order valence-electron chi connectivity index (χ1n) is 10.6. The summed E-state index contributed by atoms with van der Waals surface area (Å²) in [5.74, 6) is -15.9. The lowest BCUT2D eigenvalue weighted by molar-refractivity contribution is -0.219. The number of carbonyl (C=O) groups excluding carboxylic acids is 6. The molecule has 0 bridgehead atoms. The number of ether oxygens (including phenoxy) is 2. The molecule has 0 aromatic rings. The van der Waals surface area contributed by atoms with Crippen molar-refractivity contribution in [3.8, 4) is 0 Å². The number of Topliss-reactive ketones (excluding diaryl/α,β-unsaturated/α-hetero) is 4. The summed E-state index contributed by atoms with van der Waals surface area (Å²) in [4.78, 5) is 74.2. The first-order valence-corrected chi connectivity index (χ1v) is 10.6. The number of ketones is 4. The molecular weight excluding hydrogens is 472 g/mol. The zero-order valence-corrected chi connectivity index (χ0v) is 21.3. The van der Waals surface area contributed by atoms with E-state index in [9.17, 15) is 39.0 Å². The highest BCUT2D eigenvalue weighted by Crippen LogP contribution is 2.28. The van der Waals surface area contributed by atoms with Crippen molar-refractivity contribution < 1.29 is 48.5 Å². The third kappa shape index (κ3) is 7.37. The zero-order valence-electron chi connectivity index (χ0n) is 21.3. The molecule has 0 amide bonds. The summed E-state index contributed by atoms with van der Waals surface area (Å²) < 4.78 is 9.64. The van der Waals surface area contributed by atoms with Gasteiger partial charge in [0, 0.05) is 12.2 Å². The van der Waals surface area contributed by atoms with E-state index in [1.165, 1.54) is 27.7 Å². The van der Waals surface area contributed by atoms with Crippen LogP contribution < -0.4 is 0 Å². The zero-order chi connectivity index (χ0) is 28.8. The Kier molecular flexibility index (Phi) is 11.0. The Balaban J connectivity index is 6.01. The smallest absolute Gasteiger partial charge is 0.333 e. The highest BCUT2D eigenvalue weighted by atomic mass is 16.7. The van der Waals surface area contributed by atoms with Crippen LogP contribution in [0.1, 0.15) is 41.5 Å². The number of rotatable bonds is 14. The Morgan fingerprint density at radius 2 is 0.861 bits per heavy atom. The van der Waals surface area contributed by atoms with Gasteiger partial charge in [-0.05, 0) is 63.8 Å². The summed E-state index contributed by atoms with van der Waals surface area (Å²) in [5.41, 5.74) is -0.500. The van der Waals surface area contributed by atoms with Crippen molar-refractivity contribution in [1.82, 2.24) is 0 Å². The van der Waals surface area contributed by atoms with Gasteiger partial charge in [0.05, 0.1) is 11.8 Å². The summed E-state index contributed by atoms with van der Waals surface area (Å²) in [5, 5.41) is 21.5. The largest absolute Gasteiger partial charge is 0.421 e. The van der Waals surface area contributed by atoms with Gasteiger partial charge in [-0.25, -0.2) is 9.59 Å². The van der Waals surface area contributed by atoms with Crippen molar-refractivity contribution in [1.29, 1.82) is 0 Å². The molecule has 196 valence electrons. The quantitative estimate of drug-likeness (QED) is 0.203. The first-order chi connectivity index (χ1) is 16.2. The van der Waals surface area contributed by atoms with Gasteiger partial charge in [-0.2, -0.15) is 0 Å². The van der Waals surface area contributed by atoms with Gasteiger partial charge in [0.15, 0.2) is 11.6 Å². The van der Waals surface area contributed by atoms with Gasteiger partial charge in [0.1, 0.15) is 0 Å². The van der Waals surface area contributed by atoms with Gasteiger partial charge in [0.25, 0.3) is 11.6 Å². The fourth-order valence-corrected chi connectivity index (χ4v) is 2.88. The molecule has 10 nitrogen and oxygen atoms in total.